The predicted octanol–water partition coefficient (Wildman–Crippen LogP) is 2.77. The number of hydrogen-bond donors (Lipinski definition) is 2. The van der Waals surface area contributed by atoms with Crippen LogP contribution in [0.15, 0.2) is 24.3 Å². The number of rotatable bonds is 1. The second-order valence-corrected chi connectivity index (χ2v) is 4.56. The zero-order valence-electron chi connectivity index (χ0n) is 9.02. The van der Waals surface area contributed by atoms with E-state index in [1.54, 1.807) is 12.1 Å². The number of hydrogen-bond acceptors (Lipinski definition) is 2. The summed E-state index contributed by atoms with van der Waals surface area (Å²) in [7, 11) is 0. The molecule has 2 nitrogen and oxygen atoms in total. The van der Waals surface area contributed by atoms with Gasteiger partial charge in [-0.1, -0.05) is 18.6 Å². The van der Waals surface area contributed by atoms with E-state index in [2.05, 4.69) is 0 Å². The molecule has 82 valence electrons. The van der Waals surface area contributed by atoms with Gasteiger partial charge in [0.15, 0.2) is 0 Å². The Morgan fingerprint density at radius 3 is 2.47 bits per heavy atom. The van der Waals surface area contributed by atoms with Crippen molar-refractivity contribution in [3.63, 3.8) is 0 Å². The topological polar surface area (TPSA) is 46.2 Å². The fourth-order valence-electron chi connectivity index (χ4n) is 2.41. The number of aromatic hydroxyl groups is 1. The fourth-order valence-corrected chi connectivity index (χ4v) is 2.41. The first-order valence-corrected chi connectivity index (χ1v) is 5.80. The lowest BCUT2D eigenvalue weighted by Crippen LogP contribution is -2.17. The zero-order chi connectivity index (χ0) is 10.7. The number of nitrogens with two attached hydrogens (primary N) is 1. The normalized spacial score (nSPS) is 27.3. The molecule has 0 spiro atoms. The minimum atomic E-state index is 0.351. The van der Waals surface area contributed by atoms with Crippen molar-refractivity contribution in [3.05, 3.63) is 29.8 Å². The van der Waals surface area contributed by atoms with Gasteiger partial charge in [0.25, 0.3) is 0 Å². The number of benzene rings is 1. The summed E-state index contributed by atoms with van der Waals surface area (Å²) >= 11 is 0. The van der Waals surface area contributed by atoms with Crippen molar-refractivity contribution < 1.29 is 5.11 Å². The molecule has 1 fully saturated rings. The first kappa shape index (κ1) is 10.5. The minimum Gasteiger partial charge on any atom is -0.508 e. The van der Waals surface area contributed by atoms with Crippen LogP contribution in [-0.2, 0) is 0 Å². The molecule has 0 bridgehead atoms. The molecule has 0 saturated heterocycles. The van der Waals surface area contributed by atoms with Crippen molar-refractivity contribution in [2.24, 2.45) is 5.73 Å². The Labute approximate surface area is 91.1 Å². The van der Waals surface area contributed by atoms with E-state index in [1.807, 2.05) is 12.1 Å². The second-order valence-electron chi connectivity index (χ2n) is 4.56. The van der Waals surface area contributed by atoms with Gasteiger partial charge in [-0.05, 0) is 49.3 Å². The highest BCUT2D eigenvalue weighted by Crippen LogP contribution is 2.31. The van der Waals surface area contributed by atoms with Crippen molar-refractivity contribution in [3.8, 4) is 5.75 Å². The molecule has 0 heterocycles. The minimum absolute atomic E-state index is 0.351. The summed E-state index contributed by atoms with van der Waals surface area (Å²) in [4.78, 5) is 0. The Morgan fingerprint density at radius 2 is 1.73 bits per heavy atom. The van der Waals surface area contributed by atoms with Gasteiger partial charge >= 0.3 is 0 Å². The SMILES string of the molecule is N[C@H]1CCCC(c2ccc(O)cc2)CC1. The molecular weight excluding hydrogens is 186 g/mol. The van der Waals surface area contributed by atoms with Crippen LogP contribution in [-0.4, -0.2) is 11.1 Å². The van der Waals surface area contributed by atoms with Crippen LogP contribution in [0.2, 0.25) is 0 Å². The molecule has 1 aliphatic carbocycles. The lowest BCUT2D eigenvalue weighted by atomic mass is 9.92. The molecule has 0 radical (unpaired) electrons. The third-order valence-corrected chi connectivity index (χ3v) is 3.38. The highest BCUT2D eigenvalue weighted by atomic mass is 16.3. The molecule has 1 saturated carbocycles. The van der Waals surface area contributed by atoms with Crippen molar-refractivity contribution in [1.29, 1.82) is 0 Å². The maximum atomic E-state index is 9.23. The highest BCUT2D eigenvalue weighted by Gasteiger charge is 2.17. The molecule has 1 aliphatic rings. The summed E-state index contributed by atoms with van der Waals surface area (Å²) in [6.45, 7) is 0. The van der Waals surface area contributed by atoms with Gasteiger partial charge < -0.3 is 10.8 Å². The highest BCUT2D eigenvalue weighted by molar-refractivity contribution is 5.28. The van der Waals surface area contributed by atoms with E-state index in [1.165, 1.54) is 24.8 Å². The van der Waals surface area contributed by atoms with Crippen LogP contribution in [0.25, 0.3) is 0 Å². The van der Waals surface area contributed by atoms with Crippen molar-refractivity contribution >= 4 is 0 Å². The molecule has 2 atom stereocenters. The molecular formula is C13H19NO. The van der Waals surface area contributed by atoms with E-state index in [9.17, 15) is 5.11 Å². The number of phenols is 1. The van der Waals surface area contributed by atoms with Gasteiger partial charge in [0, 0.05) is 6.04 Å². The zero-order valence-corrected chi connectivity index (χ0v) is 9.02. The molecule has 0 aliphatic heterocycles. The Morgan fingerprint density at radius 1 is 1.00 bits per heavy atom. The average Bonchev–Trinajstić information content (AvgIpc) is 2.44. The monoisotopic (exact) mass is 205 g/mol. The van der Waals surface area contributed by atoms with Gasteiger partial charge in [-0.25, -0.2) is 0 Å². The summed E-state index contributed by atoms with van der Waals surface area (Å²) in [6, 6.07) is 8.03. The quantitative estimate of drug-likeness (QED) is 0.692. The maximum absolute atomic E-state index is 9.23. The van der Waals surface area contributed by atoms with Gasteiger partial charge in [-0.3, -0.25) is 0 Å². The summed E-state index contributed by atoms with van der Waals surface area (Å²) in [5.41, 5.74) is 7.31. The standard InChI is InChI=1S/C13H19NO/c14-12-3-1-2-10(4-7-12)11-5-8-13(15)9-6-11/h5-6,8-10,12,15H,1-4,7,14H2/t10?,12-/m0/s1. The predicted molar refractivity (Wildman–Crippen MR) is 61.9 cm³/mol. The molecule has 2 heteroatoms. The summed E-state index contributed by atoms with van der Waals surface area (Å²) in [5.74, 6) is 0.989. The molecule has 15 heavy (non-hydrogen) atoms. The lowest BCUT2D eigenvalue weighted by Gasteiger charge is -2.14. The lowest BCUT2D eigenvalue weighted by molar-refractivity contribution is 0.474. The van der Waals surface area contributed by atoms with Crippen LogP contribution in [0, 0.1) is 0 Å². The average molecular weight is 205 g/mol. The Balaban J connectivity index is 2.06. The largest absolute Gasteiger partial charge is 0.508 e. The van der Waals surface area contributed by atoms with E-state index < -0.39 is 0 Å². The van der Waals surface area contributed by atoms with Crippen LogP contribution in [0.1, 0.15) is 43.6 Å². The van der Waals surface area contributed by atoms with Gasteiger partial charge in [0.1, 0.15) is 5.75 Å². The Kier molecular flexibility index (Phi) is 3.27. The molecule has 0 amide bonds. The fraction of sp³-hybridized carbons (Fsp3) is 0.538. The van der Waals surface area contributed by atoms with Crippen LogP contribution < -0.4 is 5.73 Å². The van der Waals surface area contributed by atoms with Gasteiger partial charge in [0.05, 0.1) is 0 Å². The summed E-state index contributed by atoms with van der Waals surface area (Å²) < 4.78 is 0. The van der Waals surface area contributed by atoms with Gasteiger partial charge in [-0.15, -0.1) is 0 Å². The van der Waals surface area contributed by atoms with Crippen molar-refractivity contribution in [1.82, 2.24) is 0 Å². The van der Waals surface area contributed by atoms with E-state index in [0.717, 1.165) is 12.8 Å². The van der Waals surface area contributed by atoms with E-state index in [-0.39, 0.29) is 0 Å². The van der Waals surface area contributed by atoms with Gasteiger partial charge in [0.2, 0.25) is 0 Å². The van der Waals surface area contributed by atoms with E-state index >= 15 is 0 Å². The summed E-state index contributed by atoms with van der Waals surface area (Å²) in [5, 5.41) is 9.23. The Bertz CT molecular complexity index is 307. The van der Waals surface area contributed by atoms with Gasteiger partial charge in [-0.2, -0.15) is 0 Å². The smallest absolute Gasteiger partial charge is 0.115 e. The first-order valence-electron chi connectivity index (χ1n) is 5.80. The van der Waals surface area contributed by atoms with E-state index in [4.69, 9.17) is 5.73 Å². The second kappa shape index (κ2) is 4.67. The third-order valence-electron chi connectivity index (χ3n) is 3.38. The molecule has 1 aromatic carbocycles. The third kappa shape index (κ3) is 2.72. The van der Waals surface area contributed by atoms with E-state index in [0.29, 0.717) is 17.7 Å². The maximum Gasteiger partial charge on any atom is 0.115 e. The Hall–Kier alpha value is -1.02. The van der Waals surface area contributed by atoms with Crippen molar-refractivity contribution in [2.45, 2.75) is 44.1 Å². The molecule has 3 N–H and O–H groups in total. The van der Waals surface area contributed by atoms with Crippen LogP contribution >= 0.6 is 0 Å². The van der Waals surface area contributed by atoms with Crippen LogP contribution in [0.3, 0.4) is 0 Å². The van der Waals surface area contributed by atoms with Crippen LogP contribution in [0.4, 0.5) is 0 Å². The van der Waals surface area contributed by atoms with Crippen LogP contribution in [0.5, 0.6) is 5.75 Å². The molecule has 1 aromatic rings. The molecule has 1 unspecified atom stereocenters. The first-order chi connectivity index (χ1) is 7.25. The number of phenolic OH excluding ortho intramolecular Hbond substituents is 1. The molecule has 2 rings (SSSR count). The van der Waals surface area contributed by atoms with Crippen molar-refractivity contribution in [2.75, 3.05) is 0 Å². The molecule has 0 aromatic heterocycles. The summed E-state index contributed by atoms with van der Waals surface area (Å²) in [6.07, 6.45) is 5.94.